The van der Waals surface area contributed by atoms with E-state index in [4.69, 9.17) is 5.73 Å². The number of anilines is 1. The number of halogens is 1. The average Bonchev–Trinajstić information content (AvgIpc) is 2.37. The first-order valence-corrected chi connectivity index (χ1v) is 7.04. The van der Waals surface area contributed by atoms with Crippen LogP contribution < -0.4 is 11.1 Å². The molecular formula is C14H13BrN4O. The van der Waals surface area contributed by atoms with Gasteiger partial charge in [-0.1, -0.05) is 34.1 Å². The van der Waals surface area contributed by atoms with E-state index < -0.39 is 0 Å². The van der Waals surface area contributed by atoms with Gasteiger partial charge in [-0.3, -0.25) is 4.79 Å². The van der Waals surface area contributed by atoms with Gasteiger partial charge in [-0.05, 0) is 18.6 Å². The zero-order chi connectivity index (χ0) is 14.3. The summed E-state index contributed by atoms with van der Waals surface area (Å²) in [5.74, 6) is 0.0614. The van der Waals surface area contributed by atoms with Gasteiger partial charge in [0.15, 0.2) is 0 Å². The summed E-state index contributed by atoms with van der Waals surface area (Å²) in [7, 11) is 0. The molecular weight excluding hydrogens is 320 g/mol. The Morgan fingerprint density at radius 2 is 2.10 bits per heavy atom. The fourth-order valence-corrected chi connectivity index (χ4v) is 3.08. The SMILES string of the molecule is Cc1nc(N)nc2c1C(=O)NC(c1ccccc1Br)C2. The summed E-state index contributed by atoms with van der Waals surface area (Å²) in [6, 6.07) is 7.71. The number of aryl methyl sites for hydroxylation is 1. The van der Waals surface area contributed by atoms with E-state index >= 15 is 0 Å². The predicted molar refractivity (Wildman–Crippen MR) is 79.2 cm³/mol. The van der Waals surface area contributed by atoms with Crippen LogP contribution in [-0.2, 0) is 6.42 Å². The smallest absolute Gasteiger partial charge is 0.255 e. The molecule has 2 aromatic rings. The van der Waals surface area contributed by atoms with Gasteiger partial charge in [0.25, 0.3) is 5.91 Å². The van der Waals surface area contributed by atoms with Crippen molar-refractivity contribution >= 4 is 27.8 Å². The van der Waals surface area contributed by atoms with E-state index in [1.807, 2.05) is 24.3 Å². The van der Waals surface area contributed by atoms with Gasteiger partial charge >= 0.3 is 0 Å². The number of hydrogen-bond donors (Lipinski definition) is 2. The van der Waals surface area contributed by atoms with Crippen molar-refractivity contribution in [2.24, 2.45) is 0 Å². The summed E-state index contributed by atoms with van der Waals surface area (Å²) in [5, 5.41) is 3.00. The Balaban J connectivity index is 2.05. The number of rotatable bonds is 1. The van der Waals surface area contributed by atoms with Crippen LogP contribution in [0.15, 0.2) is 28.7 Å². The maximum Gasteiger partial charge on any atom is 0.255 e. The van der Waals surface area contributed by atoms with Gasteiger partial charge in [0.05, 0.1) is 23.0 Å². The number of carbonyl (C=O) groups excluding carboxylic acids is 1. The first-order chi connectivity index (χ1) is 9.56. The molecule has 3 rings (SSSR count). The molecule has 0 radical (unpaired) electrons. The van der Waals surface area contributed by atoms with Crippen molar-refractivity contribution in [2.75, 3.05) is 5.73 Å². The highest BCUT2D eigenvalue weighted by Crippen LogP contribution is 2.30. The molecule has 1 aromatic carbocycles. The molecule has 6 heteroatoms. The molecule has 1 aliphatic heterocycles. The van der Waals surface area contributed by atoms with Gasteiger partial charge in [-0.25, -0.2) is 9.97 Å². The second-order valence-electron chi connectivity index (χ2n) is 4.74. The van der Waals surface area contributed by atoms with Gasteiger partial charge in [0.1, 0.15) is 0 Å². The average molecular weight is 333 g/mol. The fraction of sp³-hybridized carbons (Fsp3) is 0.214. The molecule has 1 atom stereocenters. The minimum Gasteiger partial charge on any atom is -0.368 e. The van der Waals surface area contributed by atoms with Gasteiger partial charge in [-0.2, -0.15) is 0 Å². The molecule has 5 nitrogen and oxygen atoms in total. The first kappa shape index (κ1) is 13.1. The number of hydrogen-bond acceptors (Lipinski definition) is 4. The van der Waals surface area contributed by atoms with Crippen LogP contribution in [0.3, 0.4) is 0 Å². The molecule has 0 aliphatic carbocycles. The molecule has 2 heterocycles. The number of nitrogen functional groups attached to an aromatic ring is 1. The van der Waals surface area contributed by atoms with Crippen molar-refractivity contribution in [2.45, 2.75) is 19.4 Å². The third kappa shape index (κ3) is 2.16. The normalized spacial score (nSPS) is 17.5. The zero-order valence-corrected chi connectivity index (χ0v) is 12.4. The van der Waals surface area contributed by atoms with E-state index in [1.54, 1.807) is 6.92 Å². The Kier molecular flexibility index (Phi) is 3.17. The molecule has 0 saturated carbocycles. The van der Waals surface area contributed by atoms with E-state index in [-0.39, 0.29) is 17.9 Å². The number of nitrogens with zero attached hydrogens (tertiary/aromatic N) is 2. The van der Waals surface area contributed by atoms with E-state index in [9.17, 15) is 4.79 Å². The molecule has 102 valence electrons. The molecule has 1 amide bonds. The third-order valence-electron chi connectivity index (χ3n) is 3.39. The topological polar surface area (TPSA) is 80.9 Å². The third-order valence-corrected chi connectivity index (χ3v) is 4.11. The van der Waals surface area contributed by atoms with Crippen LogP contribution in [0.2, 0.25) is 0 Å². The predicted octanol–water partition coefficient (Wildman–Crippen LogP) is 2.16. The van der Waals surface area contributed by atoms with Crippen LogP contribution in [0.4, 0.5) is 5.95 Å². The van der Waals surface area contributed by atoms with E-state index in [0.29, 0.717) is 23.4 Å². The van der Waals surface area contributed by atoms with Gasteiger partial charge < -0.3 is 11.1 Å². The first-order valence-electron chi connectivity index (χ1n) is 6.24. The Morgan fingerprint density at radius 1 is 1.35 bits per heavy atom. The number of fused-ring (bicyclic) bond motifs is 1. The van der Waals surface area contributed by atoms with Gasteiger partial charge in [0, 0.05) is 10.9 Å². The number of amides is 1. The second-order valence-corrected chi connectivity index (χ2v) is 5.59. The summed E-state index contributed by atoms with van der Waals surface area (Å²) in [4.78, 5) is 20.5. The molecule has 0 fully saturated rings. The molecule has 0 saturated heterocycles. The molecule has 1 unspecified atom stereocenters. The van der Waals surface area contributed by atoms with Crippen LogP contribution >= 0.6 is 15.9 Å². The molecule has 3 N–H and O–H groups in total. The highest BCUT2D eigenvalue weighted by molar-refractivity contribution is 9.10. The lowest BCUT2D eigenvalue weighted by Gasteiger charge is -2.26. The van der Waals surface area contributed by atoms with Crippen LogP contribution in [0.25, 0.3) is 0 Å². The minimum absolute atomic E-state index is 0.112. The Morgan fingerprint density at radius 3 is 2.85 bits per heavy atom. The Labute approximate surface area is 124 Å². The quantitative estimate of drug-likeness (QED) is 0.838. The summed E-state index contributed by atoms with van der Waals surface area (Å²) in [6.07, 6.45) is 0.608. The molecule has 0 spiro atoms. The monoisotopic (exact) mass is 332 g/mol. The summed E-state index contributed by atoms with van der Waals surface area (Å²) in [6.45, 7) is 1.77. The minimum atomic E-state index is -0.149. The number of nitrogens with two attached hydrogens (primary N) is 1. The van der Waals surface area contributed by atoms with Crippen LogP contribution in [0.1, 0.15) is 33.4 Å². The van der Waals surface area contributed by atoms with Crippen molar-refractivity contribution in [1.29, 1.82) is 0 Å². The Hall–Kier alpha value is -1.95. The van der Waals surface area contributed by atoms with Crippen LogP contribution in [0, 0.1) is 6.92 Å². The highest BCUT2D eigenvalue weighted by atomic mass is 79.9. The highest BCUT2D eigenvalue weighted by Gasteiger charge is 2.29. The van der Waals surface area contributed by atoms with Crippen molar-refractivity contribution in [1.82, 2.24) is 15.3 Å². The van der Waals surface area contributed by atoms with Crippen LogP contribution in [-0.4, -0.2) is 15.9 Å². The fourth-order valence-electron chi connectivity index (χ4n) is 2.52. The van der Waals surface area contributed by atoms with Gasteiger partial charge in [0.2, 0.25) is 5.95 Å². The van der Waals surface area contributed by atoms with Crippen molar-refractivity contribution in [3.8, 4) is 0 Å². The summed E-state index contributed by atoms with van der Waals surface area (Å²) >= 11 is 3.51. The van der Waals surface area contributed by atoms with E-state index in [0.717, 1.165) is 10.0 Å². The number of carbonyl (C=O) groups is 1. The van der Waals surface area contributed by atoms with Crippen molar-refractivity contribution in [3.05, 3.63) is 51.3 Å². The molecule has 0 bridgehead atoms. The summed E-state index contributed by atoms with van der Waals surface area (Å²) < 4.78 is 0.965. The van der Waals surface area contributed by atoms with Gasteiger partial charge in [-0.15, -0.1) is 0 Å². The number of aromatic nitrogens is 2. The second kappa shape index (κ2) is 4.86. The number of nitrogens with one attached hydrogen (secondary N) is 1. The van der Waals surface area contributed by atoms with E-state index in [1.165, 1.54) is 0 Å². The van der Waals surface area contributed by atoms with Crippen molar-refractivity contribution in [3.63, 3.8) is 0 Å². The molecule has 1 aromatic heterocycles. The zero-order valence-electron chi connectivity index (χ0n) is 10.9. The standard InChI is InChI=1S/C14H13BrN4O/c1-7-12-11(19-14(16)17-7)6-10(18-13(12)20)8-4-2-3-5-9(8)15/h2-5,10H,6H2,1H3,(H,18,20)(H2,16,17,19). The maximum atomic E-state index is 12.3. The lowest BCUT2D eigenvalue weighted by Crippen LogP contribution is -2.37. The number of benzene rings is 1. The van der Waals surface area contributed by atoms with E-state index in [2.05, 4.69) is 31.2 Å². The lowest BCUT2D eigenvalue weighted by molar-refractivity contribution is 0.0922. The van der Waals surface area contributed by atoms with Crippen molar-refractivity contribution < 1.29 is 4.79 Å². The molecule has 20 heavy (non-hydrogen) atoms. The summed E-state index contributed by atoms with van der Waals surface area (Å²) in [5.41, 5.74) is 8.58. The largest absolute Gasteiger partial charge is 0.368 e. The Bertz CT molecular complexity index is 702. The lowest BCUT2D eigenvalue weighted by atomic mass is 9.94. The maximum absolute atomic E-state index is 12.3. The van der Waals surface area contributed by atoms with Crippen LogP contribution in [0.5, 0.6) is 0 Å². The molecule has 1 aliphatic rings.